The fraction of sp³-hybridized carbons (Fsp3) is 0. The Morgan fingerprint density at radius 1 is 1.88 bits per heavy atom. The van der Waals surface area contributed by atoms with Gasteiger partial charge in [-0.3, -0.25) is 0 Å². The molecule has 1 aromatic rings. The van der Waals surface area contributed by atoms with Crippen LogP contribution in [-0.2, 0) is 0 Å². The van der Waals surface area contributed by atoms with Crippen LogP contribution in [0.25, 0.3) is 0 Å². The van der Waals surface area contributed by atoms with Crippen LogP contribution in [0.15, 0.2) is 5.38 Å². The van der Waals surface area contributed by atoms with E-state index in [0.717, 1.165) is 0 Å². The Labute approximate surface area is 50.4 Å². The van der Waals surface area contributed by atoms with Crippen molar-refractivity contribution in [1.29, 1.82) is 5.26 Å². The van der Waals surface area contributed by atoms with Gasteiger partial charge in [-0.25, -0.2) is 4.98 Å². The van der Waals surface area contributed by atoms with Crippen LogP contribution in [0.1, 0.15) is 5.69 Å². The van der Waals surface area contributed by atoms with E-state index < -0.39 is 0 Å². The topological polar surface area (TPSA) is 62.7 Å². The van der Waals surface area contributed by atoms with Crippen LogP contribution in [0.2, 0.25) is 0 Å². The lowest BCUT2D eigenvalue weighted by atomic mass is 10.6. The maximum Gasteiger partial charge on any atom is 0.181 e. The van der Waals surface area contributed by atoms with Crippen LogP contribution in [0, 0.1) is 11.3 Å². The highest BCUT2D eigenvalue weighted by Gasteiger charge is 1.92. The van der Waals surface area contributed by atoms with Gasteiger partial charge in [0.2, 0.25) is 0 Å². The van der Waals surface area contributed by atoms with Gasteiger partial charge >= 0.3 is 0 Å². The van der Waals surface area contributed by atoms with Gasteiger partial charge in [-0.05, 0) is 0 Å². The van der Waals surface area contributed by atoms with Crippen LogP contribution in [-0.4, -0.2) is 4.98 Å². The van der Waals surface area contributed by atoms with Crippen LogP contribution in [0.5, 0.6) is 0 Å². The van der Waals surface area contributed by atoms with E-state index in [2.05, 4.69) is 4.98 Å². The van der Waals surface area contributed by atoms with Gasteiger partial charge in [-0.15, -0.1) is 11.3 Å². The second-order valence-corrected chi connectivity index (χ2v) is 2.07. The standard InChI is InChI=1S/C4H3N3S/c5-1-3-2-8-4(6)7-3/h2H,(H2,6,7). The fourth-order valence-electron chi connectivity index (χ4n) is 0.339. The summed E-state index contributed by atoms with van der Waals surface area (Å²) in [5.41, 5.74) is 5.61. The summed E-state index contributed by atoms with van der Waals surface area (Å²) in [7, 11) is 0. The van der Waals surface area contributed by atoms with Gasteiger partial charge < -0.3 is 5.73 Å². The molecule has 1 rings (SSSR count). The molecule has 0 bridgehead atoms. The number of nitrogen functional groups attached to an aromatic ring is 1. The van der Waals surface area contributed by atoms with E-state index in [9.17, 15) is 0 Å². The van der Waals surface area contributed by atoms with Crippen LogP contribution in [0.4, 0.5) is 5.13 Å². The highest BCUT2D eigenvalue weighted by atomic mass is 32.1. The molecule has 0 saturated carbocycles. The molecular formula is C4H3N3S. The predicted molar refractivity (Wildman–Crippen MR) is 31.2 cm³/mol. The Morgan fingerprint density at radius 3 is 2.88 bits per heavy atom. The van der Waals surface area contributed by atoms with E-state index >= 15 is 0 Å². The summed E-state index contributed by atoms with van der Waals surface area (Å²) < 4.78 is 0. The van der Waals surface area contributed by atoms with E-state index in [-0.39, 0.29) is 0 Å². The third-order valence-electron chi connectivity index (χ3n) is 0.636. The van der Waals surface area contributed by atoms with Crippen molar-refractivity contribution in [3.05, 3.63) is 11.1 Å². The van der Waals surface area contributed by atoms with E-state index in [0.29, 0.717) is 10.8 Å². The van der Waals surface area contributed by atoms with Gasteiger partial charge in [0.1, 0.15) is 6.07 Å². The first-order valence-corrected chi connectivity index (χ1v) is 2.82. The van der Waals surface area contributed by atoms with Crippen molar-refractivity contribution in [1.82, 2.24) is 4.98 Å². The maximum atomic E-state index is 8.19. The van der Waals surface area contributed by atoms with E-state index in [1.54, 1.807) is 5.38 Å². The molecular weight excluding hydrogens is 122 g/mol. The molecule has 0 saturated heterocycles. The van der Waals surface area contributed by atoms with Crippen molar-refractivity contribution in [2.75, 3.05) is 5.73 Å². The molecule has 8 heavy (non-hydrogen) atoms. The molecule has 3 nitrogen and oxygen atoms in total. The number of rotatable bonds is 0. The predicted octanol–water partition coefficient (Wildman–Crippen LogP) is 0.597. The molecule has 1 heterocycles. The lowest BCUT2D eigenvalue weighted by Crippen LogP contribution is -1.80. The first-order valence-electron chi connectivity index (χ1n) is 1.94. The highest BCUT2D eigenvalue weighted by molar-refractivity contribution is 7.13. The number of aromatic nitrogens is 1. The minimum Gasteiger partial charge on any atom is -0.375 e. The van der Waals surface area contributed by atoms with Gasteiger partial charge in [-0.1, -0.05) is 0 Å². The maximum absolute atomic E-state index is 8.19. The summed E-state index contributed by atoms with van der Waals surface area (Å²) in [5, 5.41) is 10.3. The normalized spacial score (nSPS) is 8.38. The molecule has 0 amide bonds. The average Bonchev–Trinajstić information content (AvgIpc) is 2.14. The Balaban J connectivity index is 3.05. The zero-order valence-corrected chi connectivity index (χ0v) is 4.77. The second-order valence-electron chi connectivity index (χ2n) is 1.18. The summed E-state index contributed by atoms with van der Waals surface area (Å²) in [6.45, 7) is 0. The van der Waals surface area contributed by atoms with Gasteiger partial charge in [-0.2, -0.15) is 5.26 Å². The number of hydrogen-bond acceptors (Lipinski definition) is 4. The van der Waals surface area contributed by atoms with Gasteiger partial charge in [0, 0.05) is 5.38 Å². The van der Waals surface area contributed by atoms with Gasteiger partial charge in [0.05, 0.1) is 0 Å². The SMILES string of the molecule is N#Cc1csc(N)n1. The van der Waals surface area contributed by atoms with Crippen LogP contribution < -0.4 is 5.73 Å². The fourth-order valence-corrected chi connectivity index (χ4v) is 0.828. The van der Waals surface area contributed by atoms with Crippen LogP contribution in [0.3, 0.4) is 0 Å². The highest BCUT2D eigenvalue weighted by Crippen LogP contribution is 2.08. The van der Waals surface area contributed by atoms with E-state index in [1.165, 1.54) is 11.3 Å². The largest absolute Gasteiger partial charge is 0.375 e. The summed E-state index contributed by atoms with van der Waals surface area (Å²) in [6, 6.07) is 1.87. The Kier molecular flexibility index (Phi) is 1.14. The molecule has 40 valence electrons. The first-order chi connectivity index (χ1) is 3.83. The minimum atomic E-state index is 0.396. The molecule has 0 aliphatic heterocycles. The third kappa shape index (κ3) is 0.768. The molecule has 0 atom stereocenters. The third-order valence-corrected chi connectivity index (χ3v) is 1.31. The molecule has 0 aromatic carbocycles. The van der Waals surface area contributed by atoms with Crippen molar-refractivity contribution in [2.45, 2.75) is 0 Å². The molecule has 1 aromatic heterocycles. The number of nitrogens with two attached hydrogens (primary N) is 1. The Bertz CT molecular complexity index is 221. The van der Waals surface area contributed by atoms with E-state index in [1.807, 2.05) is 6.07 Å². The molecule has 2 N–H and O–H groups in total. The summed E-state index contributed by atoms with van der Waals surface area (Å²) >= 11 is 1.27. The van der Waals surface area contributed by atoms with Crippen molar-refractivity contribution in [3.63, 3.8) is 0 Å². The minimum absolute atomic E-state index is 0.396. The lowest BCUT2D eigenvalue weighted by Gasteiger charge is -1.70. The number of hydrogen-bond donors (Lipinski definition) is 1. The molecule has 0 aliphatic rings. The zero-order valence-electron chi connectivity index (χ0n) is 3.96. The summed E-state index contributed by atoms with van der Waals surface area (Å²) in [4.78, 5) is 3.66. The second kappa shape index (κ2) is 1.80. The molecule has 0 unspecified atom stereocenters. The first kappa shape index (κ1) is 5.06. The van der Waals surface area contributed by atoms with Crippen LogP contribution >= 0.6 is 11.3 Å². The van der Waals surface area contributed by atoms with Crippen molar-refractivity contribution in [2.24, 2.45) is 0 Å². The molecule has 4 heteroatoms. The summed E-state index contributed by atoms with van der Waals surface area (Å²) in [6.07, 6.45) is 0. The molecule has 0 aliphatic carbocycles. The molecule has 0 spiro atoms. The molecule has 0 fully saturated rings. The zero-order chi connectivity index (χ0) is 5.98. The smallest absolute Gasteiger partial charge is 0.181 e. The quantitative estimate of drug-likeness (QED) is 0.552. The number of nitrogens with zero attached hydrogens (tertiary/aromatic N) is 2. The monoisotopic (exact) mass is 125 g/mol. The van der Waals surface area contributed by atoms with Crippen molar-refractivity contribution < 1.29 is 0 Å². The lowest BCUT2D eigenvalue weighted by molar-refractivity contribution is 1.34. The Morgan fingerprint density at radius 2 is 2.62 bits per heavy atom. The number of anilines is 1. The van der Waals surface area contributed by atoms with Gasteiger partial charge in [0.15, 0.2) is 10.8 Å². The van der Waals surface area contributed by atoms with Crippen molar-refractivity contribution in [3.8, 4) is 6.07 Å². The number of thiazole rings is 1. The summed E-state index contributed by atoms with van der Waals surface area (Å²) in [5.74, 6) is 0. The van der Waals surface area contributed by atoms with Gasteiger partial charge in [0.25, 0.3) is 0 Å². The number of nitriles is 1. The average molecular weight is 125 g/mol. The van der Waals surface area contributed by atoms with E-state index in [4.69, 9.17) is 11.0 Å². The van der Waals surface area contributed by atoms with Crippen molar-refractivity contribution >= 4 is 16.5 Å². The Hall–Kier alpha value is -1.08. The molecule has 0 radical (unpaired) electrons.